The summed E-state index contributed by atoms with van der Waals surface area (Å²) in [5.74, 6) is 1.39. The van der Waals surface area contributed by atoms with Crippen LogP contribution in [0, 0.1) is 13.8 Å². The zero-order chi connectivity index (χ0) is 22.7. The average molecular weight is 465 g/mol. The van der Waals surface area contributed by atoms with Gasteiger partial charge in [0.1, 0.15) is 5.75 Å². The van der Waals surface area contributed by atoms with Gasteiger partial charge in [-0.3, -0.25) is 14.3 Å². The number of nitrogens with zero attached hydrogens (tertiary/aromatic N) is 4. The van der Waals surface area contributed by atoms with Crippen LogP contribution in [-0.4, -0.2) is 27.6 Å². The molecule has 32 heavy (non-hydrogen) atoms. The summed E-state index contributed by atoms with van der Waals surface area (Å²) in [5, 5.41) is 3.54. The first-order valence-corrected chi connectivity index (χ1v) is 12.0. The number of benzene rings is 2. The average Bonchev–Trinajstić information content (AvgIpc) is 3.43. The quantitative estimate of drug-likeness (QED) is 0.317. The lowest BCUT2D eigenvalue weighted by Crippen LogP contribution is -2.23. The van der Waals surface area contributed by atoms with E-state index in [1.807, 2.05) is 66.4 Å². The molecule has 4 rings (SSSR count). The number of ether oxygens (including phenoxy) is 1. The Kier molecular flexibility index (Phi) is 6.62. The fourth-order valence-corrected chi connectivity index (χ4v) is 5.27. The summed E-state index contributed by atoms with van der Waals surface area (Å²) < 4.78 is 7.36. The summed E-state index contributed by atoms with van der Waals surface area (Å²) in [7, 11) is 1.66. The number of amides is 1. The number of hydrogen-bond acceptors (Lipinski definition) is 6. The number of imidazole rings is 1. The summed E-state index contributed by atoms with van der Waals surface area (Å²) in [6.45, 7) is 5.63. The monoisotopic (exact) mass is 464 g/mol. The minimum Gasteiger partial charge on any atom is -0.497 e. The van der Waals surface area contributed by atoms with Crippen LogP contribution in [0.1, 0.15) is 23.7 Å². The van der Waals surface area contributed by atoms with E-state index in [0.29, 0.717) is 10.9 Å². The second-order valence-corrected chi connectivity index (χ2v) is 9.11. The minimum absolute atomic E-state index is 0.0564. The summed E-state index contributed by atoms with van der Waals surface area (Å²) in [5.41, 5.74) is 4.97. The molecule has 0 saturated heterocycles. The van der Waals surface area contributed by atoms with E-state index in [1.54, 1.807) is 36.9 Å². The van der Waals surface area contributed by atoms with Gasteiger partial charge in [-0.15, -0.1) is 11.3 Å². The Balaban J connectivity index is 1.53. The molecule has 0 N–H and O–H groups in total. The van der Waals surface area contributed by atoms with E-state index in [4.69, 9.17) is 9.72 Å². The van der Waals surface area contributed by atoms with Crippen molar-refractivity contribution in [1.82, 2.24) is 14.5 Å². The van der Waals surface area contributed by atoms with Crippen molar-refractivity contribution in [3.63, 3.8) is 0 Å². The molecule has 0 aliphatic heterocycles. The predicted octanol–water partition coefficient (Wildman–Crippen LogP) is 5.93. The van der Waals surface area contributed by atoms with Gasteiger partial charge in [0.25, 0.3) is 0 Å². The van der Waals surface area contributed by atoms with E-state index in [-0.39, 0.29) is 5.91 Å². The maximum Gasteiger partial charge on any atom is 0.230 e. The number of methoxy groups -OCH3 is 1. The number of carbonyl (C=O) groups excluding carboxylic acids is 1. The lowest BCUT2D eigenvalue weighted by molar-refractivity contribution is -0.115. The van der Waals surface area contributed by atoms with E-state index < -0.39 is 0 Å². The number of aromatic nitrogens is 3. The zero-order valence-electron chi connectivity index (χ0n) is 18.4. The lowest BCUT2D eigenvalue weighted by atomic mass is 10.1. The van der Waals surface area contributed by atoms with Crippen molar-refractivity contribution in [2.45, 2.75) is 31.7 Å². The molecule has 2 aromatic carbocycles. The smallest absolute Gasteiger partial charge is 0.230 e. The molecule has 4 aromatic rings. The molecule has 0 fully saturated rings. The van der Waals surface area contributed by atoms with Gasteiger partial charge in [0.15, 0.2) is 10.3 Å². The maximum atomic E-state index is 12.5. The number of hydrogen-bond donors (Lipinski definition) is 0. The third-order valence-electron chi connectivity index (χ3n) is 4.93. The van der Waals surface area contributed by atoms with E-state index in [9.17, 15) is 4.79 Å². The van der Waals surface area contributed by atoms with Gasteiger partial charge in [-0.1, -0.05) is 35.5 Å². The molecule has 0 unspecified atom stereocenters. The molecule has 1 amide bonds. The van der Waals surface area contributed by atoms with Crippen LogP contribution in [0.2, 0.25) is 0 Å². The van der Waals surface area contributed by atoms with Crippen molar-refractivity contribution in [2.75, 3.05) is 12.0 Å². The predicted molar refractivity (Wildman–Crippen MR) is 131 cm³/mol. The largest absolute Gasteiger partial charge is 0.497 e. The van der Waals surface area contributed by atoms with Crippen LogP contribution >= 0.6 is 23.1 Å². The van der Waals surface area contributed by atoms with Gasteiger partial charge in [0.05, 0.1) is 24.2 Å². The molecule has 0 spiro atoms. The topological polar surface area (TPSA) is 60.2 Å². The standard InChI is InChI=1S/C24H24N4O2S2/c1-16-8-9-22(17(2)12-16)28(18(3)29)24-26-19(15-32-24)14-31-23-25-10-11-27(23)20-6-5-7-21(13-20)30-4/h5-13,15H,14H2,1-4H3. The zero-order valence-corrected chi connectivity index (χ0v) is 20.0. The van der Waals surface area contributed by atoms with Crippen LogP contribution in [0.5, 0.6) is 5.75 Å². The molecule has 8 heteroatoms. The van der Waals surface area contributed by atoms with Gasteiger partial charge in [0.2, 0.25) is 5.91 Å². The van der Waals surface area contributed by atoms with Crippen molar-refractivity contribution >= 4 is 39.8 Å². The first-order valence-electron chi connectivity index (χ1n) is 10.1. The Morgan fingerprint density at radius 3 is 2.81 bits per heavy atom. The van der Waals surface area contributed by atoms with Gasteiger partial charge < -0.3 is 4.74 Å². The number of aryl methyl sites for hydroxylation is 2. The van der Waals surface area contributed by atoms with E-state index in [2.05, 4.69) is 11.1 Å². The minimum atomic E-state index is -0.0564. The fraction of sp³-hybridized carbons (Fsp3) is 0.208. The van der Waals surface area contributed by atoms with Crippen LogP contribution in [0.4, 0.5) is 10.8 Å². The number of anilines is 2. The van der Waals surface area contributed by atoms with Crippen LogP contribution in [0.3, 0.4) is 0 Å². The Hall–Kier alpha value is -3.10. The first-order chi connectivity index (χ1) is 15.5. The van der Waals surface area contributed by atoms with Crippen molar-refractivity contribution in [3.05, 3.63) is 77.1 Å². The van der Waals surface area contributed by atoms with Crippen LogP contribution in [0.25, 0.3) is 5.69 Å². The molecule has 0 aliphatic carbocycles. The van der Waals surface area contributed by atoms with E-state index in [1.165, 1.54) is 11.3 Å². The first kappa shape index (κ1) is 22.1. The lowest BCUT2D eigenvalue weighted by Gasteiger charge is -2.20. The molecular formula is C24H24N4O2S2. The maximum absolute atomic E-state index is 12.5. The Bertz CT molecular complexity index is 1250. The van der Waals surface area contributed by atoms with Crippen molar-refractivity contribution in [1.29, 1.82) is 0 Å². The highest BCUT2D eigenvalue weighted by atomic mass is 32.2. The summed E-state index contributed by atoms with van der Waals surface area (Å²) in [6, 6.07) is 13.9. The highest BCUT2D eigenvalue weighted by Crippen LogP contribution is 2.33. The van der Waals surface area contributed by atoms with E-state index >= 15 is 0 Å². The second kappa shape index (κ2) is 9.58. The summed E-state index contributed by atoms with van der Waals surface area (Å²) in [6.07, 6.45) is 3.72. The van der Waals surface area contributed by atoms with Gasteiger partial charge in [-0.2, -0.15) is 0 Å². The molecule has 2 heterocycles. The molecule has 2 aromatic heterocycles. The molecule has 0 aliphatic rings. The molecule has 164 valence electrons. The number of thioether (sulfide) groups is 1. The van der Waals surface area contributed by atoms with Gasteiger partial charge in [0, 0.05) is 36.5 Å². The molecule has 0 radical (unpaired) electrons. The third-order valence-corrected chi connectivity index (χ3v) is 6.80. The number of thiazole rings is 1. The molecule has 0 atom stereocenters. The second-order valence-electron chi connectivity index (χ2n) is 7.34. The molecular weight excluding hydrogens is 440 g/mol. The van der Waals surface area contributed by atoms with E-state index in [0.717, 1.165) is 39.1 Å². The number of carbonyl (C=O) groups is 1. The highest BCUT2D eigenvalue weighted by Gasteiger charge is 2.20. The Morgan fingerprint density at radius 2 is 2.06 bits per heavy atom. The van der Waals surface area contributed by atoms with Crippen molar-refractivity contribution < 1.29 is 9.53 Å². The highest BCUT2D eigenvalue weighted by molar-refractivity contribution is 7.98. The summed E-state index contributed by atoms with van der Waals surface area (Å²) >= 11 is 3.07. The summed E-state index contributed by atoms with van der Waals surface area (Å²) in [4.78, 5) is 23.4. The van der Waals surface area contributed by atoms with Gasteiger partial charge >= 0.3 is 0 Å². The Labute approximate surface area is 195 Å². The number of rotatable bonds is 7. The molecule has 6 nitrogen and oxygen atoms in total. The molecule has 0 bridgehead atoms. The van der Waals surface area contributed by atoms with Crippen LogP contribution < -0.4 is 9.64 Å². The molecule has 0 saturated carbocycles. The van der Waals surface area contributed by atoms with Crippen LogP contribution in [0.15, 0.2) is 65.4 Å². The van der Waals surface area contributed by atoms with Gasteiger partial charge in [-0.25, -0.2) is 9.97 Å². The van der Waals surface area contributed by atoms with Crippen molar-refractivity contribution in [2.24, 2.45) is 0 Å². The normalized spacial score (nSPS) is 10.9. The fourth-order valence-electron chi connectivity index (χ4n) is 3.42. The van der Waals surface area contributed by atoms with Gasteiger partial charge in [-0.05, 0) is 37.6 Å². The van der Waals surface area contributed by atoms with Crippen molar-refractivity contribution in [3.8, 4) is 11.4 Å². The third kappa shape index (κ3) is 4.71. The SMILES string of the molecule is COc1cccc(-n2ccnc2SCc2csc(N(C(C)=O)c3ccc(C)cc3C)n2)c1. The Morgan fingerprint density at radius 1 is 1.22 bits per heavy atom. The van der Waals surface area contributed by atoms with Crippen LogP contribution in [-0.2, 0) is 10.5 Å².